The summed E-state index contributed by atoms with van der Waals surface area (Å²) in [6, 6.07) is 3.94. The summed E-state index contributed by atoms with van der Waals surface area (Å²) in [5.74, 6) is 0.799. The molecule has 0 unspecified atom stereocenters. The fourth-order valence-corrected chi connectivity index (χ4v) is 2.47. The van der Waals surface area contributed by atoms with Gasteiger partial charge in [-0.25, -0.2) is 15.0 Å². The zero-order chi connectivity index (χ0) is 17.8. The van der Waals surface area contributed by atoms with Gasteiger partial charge in [0.15, 0.2) is 11.6 Å². The van der Waals surface area contributed by atoms with Gasteiger partial charge < -0.3 is 26.2 Å². The first kappa shape index (κ1) is 16.4. The van der Waals surface area contributed by atoms with Gasteiger partial charge in [0.1, 0.15) is 5.65 Å². The molecule has 5 N–H and O–H groups in total. The Morgan fingerprint density at radius 3 is 2.96 bits per heavy atom. The van der Waals surface area contributed by atoms with Crippen molar-refractivity contribution < 1.29 is 0 Å². The van der Waals surface area contributed by atoms with Crippen molar-refractivity contribution in [1.29, 1.82) is 5.41 Å². The molecular weight excluding hydrogens is 316 g/mol. The summed E-state index contributed by atoms with van der Waals surface area (Å²) in [5, 5.41) is 13.7. The lowest BCUT2D eigenvalue weighted by Crippen LogP contribution is -2.12. The Balaban J connectivity index is 1.88. The molecule has 0 radical (unpaired) electrons. The molecule has 8 heteroatoms. The minimum Gasteiger partial charge on any atom is -0.393 e. The van der Waals surface area contributed by atoms with E-state index in [1.807, 2.05) is 35.9 Å². The lowest BCUT2D eigenvalue weighted by Gasteiger charge is -2.17. The SMILES string of the molecule is CN/C=C(\C=N)c1cnc(N)c(N[C@H](C)c2ccc3nccn3c2)n1. The maximum atomic E-state index is 7.50. The second kappa shape index (κ2) is 7.00. The first-order valence-electron chi connectivity index (χ1n) is 7.82. The number of fused-ring (bicyclic) bond motifs is 1. The largest absolute Gasteiger partial charge is 0.393 e. The number of pyridine rings is 1. The normalized spacial score (nSPS) is 12.8. The summed E-state index contributed by atoms with van der Waals surface area (Å²) in [4.78, 5) is 12.9. The standard InChI is InChI=1S/C17H20N8/c1-11(12-3-4-15-21-5-6-25(15)10-12)23-17-16(19)22-9-14(24-17)13(7-18)8-20-2/h3-11,18,20H,1-2H3,(H2,19,22)(H,23,24)/b13-8+,18-7?/t11-/m1/s1. The van der Waals surface area contributed by atoms with Crippen molar-refractivity contribution >= 4 is 29.1 Å². The van der Waals surface area contributed by atoms with Crippen LogP contribution < -0.4 is 16.4 Å². The van der Waals surface area contributed by atoms with Gasteiger partial charge in [0.05, 0.1) is 17.9 Å². The van der Waals surface area contributed by atoms with Crippen LogP contribution in [0.5, 0.6) is 0 Å². The fraction of sp³-hybridized carbons (Fsp3) is 0.176. The van der Waals surface area contributed by atoms with E-state index in [1.165, 1.54) is 6.21 Å². The Bertz CT molecular complexity index is 927. The van der Waals surface area contributed by atoms with Gasteiger partial charge in [-0.3, -0.25) is 0 Å². The van der Waals surface area contributed by atoms with Gasteiger partial charge in [-0.05, 0) is 18.6 Å². The van der Waals surface area contributed by atoms with Gasteiger partial charge in [0, 0.05) is 43.6 Å². The van der Waals surface area contributed by atoms with E-state index >= 15 is 0 Å². The molecule has 3 aromatic rings. The van der Waals surface area contributed by atoms with Crippen molar-refractivity contribution in [2.24, 2.45) is 0 Å². The molecule has 0 aliphatic rings. The van der Waals surface area contributed by atoms with Crippen LogP contribution in [-0.4, -0.2) is 32.6 Å². The number of anilines is 2. The van der Waals surface area contributed by atoms with E-state index in [4.69, 9.17) is 11.1 Å². The average molecular weight is 336 g/mol. The van der Waals surface area contributed by atoms with Gasteiger partial charge in [0.2, 0.25) is 0 Å². The number of nitrogen functional groups attached to an aromatic ring is 1. The number of hydrogen-bond acceptors (Lipinski definition) is 7. The fourth-order valence-electron chi connectivity index (χ4n) is 2.47. The summed E-state index contributed by atoms with van der Waals surface area (Å²) >= 11 is 0. The van der Waals surface area contributed by atoms with Crippen molar-refractivity contribution in [3.05, 3.63) is 54.4 Å². The number of hydrogen-bond donors (Lipinski definition) is 4. The monoisotopic (exact) mass is 336 g/mol. The van der Waals surface area contributed by atoms with Gasteiger partial charge in [-0.1, -0.05) is 6.07 Å². The van der Waals surface area contributed by atoms with E-state index < -0.39 is 0 Å². The third-order valence-electron chi connectivity index (χ3n) is 3.82. The molecule has 0 amide bonds. The molecule has 3 rings (SSSR count). The molecule has 0 aliphatic heterocycles. The predicted octanol–water partition coefficient (Wildman–Crippen LogP) is 2.09. The first-order valence-corrected chi connectivity index (χ1v) is 7.82. The second-order valence-electron chi connectivity index (χ2n) is 5.54. The molecule has 0 spiro atoms. The van der Waals surface area contributed by atoms with Gasteiger partial charge in [-0.15, -0.1) is 0 Å². The van der Waals surface area contributed by atoms with Crippen LogP contribution in [0.4, 0.5) is 11.6 Å². The molecule has 0 saturated carbocycles. The van der Waals surface area contributed by atoms with Crippen LogP contribution >= 0.6 is 0 Å². The quantitative estimate of drug-likeness (QED) is 0.512. The van der Waals surface area contributed by atoms with Crippen LogP contribution in [0.2, 0.25) is 0 Å². The number of nitrogens with one attached hydrogen (secondary N) is 3. The lowest BCUT2D eigenvalue weighted by atomic mass is 10.1. The third kappa shape index (κ3) is 3.42. The first-order chi connectivity index (χ1) is 12.1. The summed E-state index contributed by atoms with van der Waals surface area (Å²) < 4.78 is 1.96. The second-order valence-corrected chi connectivity index (χ2v) is 5.54. The van der Waals surface area contributed by atoms with Crippen LogP contribution in [0.25, 0.3) is 11.2 Å². The molecule has 0 aliphatic carbocycles. The van der Waals surface area contributed by atoms with Gasteiger partial charge in [-0.2, -0.15) is 0 Å². The highest BCUT2D eigenvalue weighted by molar-refractivity contribution is 6.07. The van der Waals surface area contributed by atoms with E-state index in [0.29, 0.717) is 22.9 Å². The Hall–Kier alpha value is -3.42. The maximum absolute atomic E-state index is 7.50. The van der Waals surface area contributed by atoms with Crippen molar-refractivity contribution in [3.8, 4) is 0 Å². The highest BCUT2D eigenvalue weighted by Crippen LogP contribution is 2.23. The molecule has 128 valence electrons. The van der Waals surface area contributed by atoms with Crippen molar-refractivity contribution in [2.75, 3.05) is 18.1 Å². The van der Waals surface area contributed by atoms with E-state index in [2.05, 4.69) is 25.6 Å². The van der Waals surface area contributed by atoms with E-state index in [1.54, 1.807) is 25.6 Å². The highest BCUT2D eigenvalue weighted by Gasteiger charge is 2.12. The molecular formula is C17H20N8. The molecule has 0 fully saturated rings. The number of rotatable bonds is 6. The number of nitrogens with zero attached hydrogens (tertiary/aromatic N) is 4. The molecule has 0 saturated heterocycles. The Morgan fingerprint density at radius 1 is 1.36 bits per heavy atom. The smallest absolute Gasteiger partial charge is 0.170 e. The molecule has 0 bridgehead atoms. The summed E-state index contributed by atoms with van der Waals surface area (Å²) in [6.07, 6.45) is 10.1. The molecule has 3 aromatic heterocycles. The van der Waals surface area contributed by atoms with E-state index in [9.17, 15) is 0 Å². The number of aromatic nitrogens is 4. The Kier molecular flexibility index (Phi) is 4.60. The topological polar surface area (TPSA) is 117 Å². The third-order valence-corrected chi connectivity index (χ3v) is 3.82. The van der Waals surface area contributed by atoms with Crippen LogP contribution in [0.15, 0.2) is 43.1 Å². The van der Waals surface area contributed by atoms with Crippen LogP contribution in [0.1, 0.15) is 24.2 Å². The number of allylic oxidation sites excluding steroid dienone is 1. The summed E-state index contributed by atoms with van der Waals surface area (Å²) in [6.45, 7) is 2.02. The van der Waals surface area contributed by atoms with E-state index in [0.717, 1.165) is 11.2 Å². The average Bonchev–Trinajstić information content (AvgIpc) is 3.09. The highest BCUT2D eigenvalue weighted by atomic mass is 15.1. The number of nitrogens with two attached hydrogens (primary N) is 1. The van der Waals surface area contributed by atoms with Crippen molar-refractivity contribution in [3.63, 3.8) is 0 Å². The molecule has 8 nitrogen and oxygen atoms in total. The molecule has 0 aromatic carbocycles. The summed E-state index contributed by atoms with van der Waals surface area (Å²) in [7, 11) is 1.77. The van der Waals surface area contributed by atoms with Gasteiger partial charge in [0.25, 0.3) is 0 Å². The van der Waals surface area contributed by atoms with Gasteiger partial charge >= 0.3 is 0 Å². The molecule has 1 atom stereocenters. The van der Waals surface area contributed by atoms with Crippen molar-refractivity contribution in [2.45, 2.75) is 13.0 Å². The van der Waals surface area contributed by atoms with Crippen LogP contribution in [-0.2, 0) is 0 Å². The van der Waals surface area contributed by atoms with Crippen LogP contribution in [0.3, 0.4) is 0 Å². The zero-order valence-corrected chi connectivity index (χ0v) is 14.1. The van der Waals surface area contributed by atoms with Crippen molar-refractivity contribution in [1.82, 2.24) is 24.7 Å². The Morgan fingerprint density at radius 2 is 2.20 bits per heavy atom. The Labute approximate surface area is 145 Å². The van der Waals surface area contributed by atoms with E-state index in [-0.39, 0.29) is 6.04 Å². The zero-order valence-electron chi connectivity index (χ0n) is 14.1. The lowest BCUT2D eigenvalue weighted by molar-refractivity contribution is 0.859. The molecule has 25 heavy (non-hydrogen) atoms. The molecule has 3 heterocycles. The van der Waals surface area contributed by atoms with Crippen LogP contribution in [0, 0.1) is 5.41 Å². The summed E-state index contributed by atoms with van der Waals surface area (Å²) in [5.41, 5.74) is 9.10. The minimum atomic E-state index is -0.0321. The number of imidazole rings is 1. The minimum absolute atomic E-state index is 0.0321. The predicted molar refractivity (Wildman–Crippen MR) is 99.5 cm³/mol. The maximum Gasteiger partial charge on any atom is 0.170 e.